The number of esters is 1. The van der Waals surface area contributed by atoms with Gasteiger partial charge in [0, 0.05) is 12.1 Å². The minimum atomic E-state index is -0.773. The Morgan fingerprint density at radius 1 is 1.50 bits per heavy atom. The Hall–Kier alpha value is -0.610. The maximum absolute atomic E-state index is 11.7. The smallest absolute Gasteiger partial charge is 0.325 e. The van der Waals surface area contributed by atoms with Gasteiger partial charge in [-0.3, -0.25) is 4.79 Å². The quantitative estimate of drug-likeness (QED) is 0.762. The lowest BCUT2D eigenvalue weighted by Gasteiger charge is -2.32. The number of hydrogen-bond donors (Lipinski definition) is 1. The third-order valence-corrected chi connectivity index (χ3v) is 4.20. The van der Waals surface area contributed by atoms with Crippen LogP contribution in [0.3, 0.4) is 0 Å². The van der Waals surface area contributed by atoms with Crippen LogP contribution < -0.4 is 5.73 Å². The topological polar surface area (TPSA) is 55.6 Å². The van der Waals surface area contributed by atoms with Gasteiger partial charge in [-0.05, 0) is 45.6 Å². The van der Waals surface area contributed by atoms with Gasteiger partial charge in [-0.2, -0.15) is 0 Å². The summed E-state index contributed by atoms with van der Waals surface area (Å²) in [5.74, 6) is 0.419. The van der Waals surface area contributed by atoms with Crippen molar-refractivity contribution < 1.29 is 9.53 Å². The SMILES string of the molecule is COC(=O)C1(N)CCC(N(C)C(C)CC(C)C)C1. The van der Waals surface area contributed by atoms with E-state index < -0.39 is 5.54 Å². The molecule has 0 saturated heterocycles. The highest BCUT2D eigenvalue weighted by Gasteiger charge is 2.44. The molecular weight excluding hydrogens is 228 g/mol. The van der Waals surface area contributed by atoms with E-state index >= 15 is 0 Å². The van der Waals surface area contributed by atoms with Crippen LogP contribution in [0.2, 0.25) is 0 Å². The van der Waals surface area contributed by atoms with E-state index in [2.05, 4.69) is 32.7 Å². The molecule has 2 N–H and O–H groups in total. The first kappa shape index (κ1) is 15.4. The van der Waals surface area contributed by atoms with Crippen molar-refractivity contribution in [2.24, 2.45) is 11.7 Å². The largest absolute Gasteiger partial charge is 0.468 e. The van der Waals surface area contributed by atoms with Gasteiger partial charge in [0.25, 0.3) is 0 Å². The van der Waals surface area contributed by atoms with Gasteiger partial charge in [-0.25, -0.2) is 0 Å². The second-order valence-corrected chi connectivity index (χ2v) is 6.19. The number of carbonyl (C=O) groups is 1. The summed E-state index contributed by atoms with van der Waals surface area (Å²) in [6, 6.07) is 0.915. The molecule has 1 saturated carbocycles. The lowest BCUT2D eigenvalue weighted by atomic mass is 9.98. The van der Waals surface area contributed by atoms with Crippen molar-refractivity contribution in [1.82, 2.24) is 4.90 Å². The standard InChI is InChI=1S/C14H28N2O2/c1-10(2)8-11(3)16(4)12-6-7-14(15,9-12)13(17)18-5/h10-12H,6-9,15H2,1-5H3. The number of methoxy groups -OCH3 is 1. The second-order valence-electron chi connectivity index (χ2n) is 6.19. The maximum atomic E-state index is 11.7. The van der Waals surface area contributed by atoms with E-state index in [4.69, 9.17) is 10.5 Å². The van der Waals surface area contributed by atoms with Gasteiger partial charge in [-0.15, -0.1) is 0 Å². The molecule has 1 aliphatic carbocycles. The van der Waals surface area contributed by atoms with Crippen LogP contribution in [0.25, 0.3) is 0 Å². The molecule has 4 nitrogen and oxygen atoms in total. The van der Waals surface area contributed by atoms with Gasteiger partial charge < -0.3 is 15.4 Å². The Labute approximate surface area is 111 Å². The summed E-state index contributed by atoms with van der Waals surface area (Å²) >= 11 is 0. The summed E-state index contributed by atoms with van der Waals surface area (Å²) in [7, 11) is 3.55. The van der Waals surface area contributed by atoms with Crippen molar-refractivity contribution in [3.05, 3.63) is 0 Å². The minimum Gasteiger partial charge on any atom is -0.468 e. The average molecular weight is 256 g/mol. The van der Waals surface area contributed by atoms with Crippen LogP contribution in [0.15, 0.2) is 0 Å². The van der Waals surface area contributed by atoms with Crippen LogP contribution in [0.5, 0.6) is 0 Å². The number of nitrogens with zero attached hydrogens (tertiary/aromatic N) is 1. The van der Waals surface area contributed by atoms with E-state index in [0.717, 1.165) is 12.8 Å². The molecule has 0 bridgehead atoms. The van der Waals surface area contributed by atoms with E-state index in [1.807, 2.05) is 0 Å². The fourth-order valence-corrected chi connectivity index (χ4v) is 2.99. The molecule has 1 rings (SSSR count). The van der Waals surface area contributed by atoms with Gasteiger partial charge >= 0.3 is 5.97 Å². The Balaban J connectivity index is 2.58. The van der Waals surface area contributed by atoms with Crippen molar-refractivity contribution in [3.63, 3.8) is 0 Å². The number of rotatable bonds is 5. The predicted octanol–water partition coefficient (Wildman–Crippen LogP) is 1.78. The zero-order valence-electron chi connectivity index (χ0n) is 12.4. The molecule has 3 unspecified atom stereocenters. The first-order valence-corrected chi connectivity index (χ1v) is 6.89. The molecule has 4 heteroatoms. The number of ether oxygens (including phenoxy) is 1. The van der Waals surface area contributed by atoms with E-state index in [0.29, 0.717) is 24.4 Å². The molecular formula is C14H28N2O2. The highest BCUT2D eigenvalue weighted by Crippen LogP contribution is 2.33. The van der Waals surface area contributed by atoms with E-state index in [-0.39, 0.29) is 5.97 Å². The molecule has 0 spiro atoms. The highest BCUT2D eigenvalue weighted by molar-refractivity contribution is 5.81. The van der Waals surface area contributed by atoms with Crippen LogP contribution >= 0.6 is 0 Å². The maximum Gasteiger partial charge on any atom is 0.325 e. The van der Waals surface area contributed by atoms with E-state index in [1.54, 1.807) is 0 Å². The fraction of sp³-hybridized carbons (Fsp3) is 0.929. The van der Waals surface area contributed by atoms with Crippen LogP contribution in [0, 0.1) is 5.92 Å². The normalized spacial score (nSPS) is 29.9. The van der Waals surface area contributed by atoms with E-state index in [9.17, 15) is 4.79 Å². The van der Waals surface area contributed by atoms with Crippen molar-refractivity contribution >= 4 is 5.97 Å². The molecule has 0 aromatic rings. The zero-order chi connectivity index (χ0) is 13.9. The minimum absolute atomic E-state index is 0.269. The third kappa shape index (κ3) is 3.45. The second kappa shape index (κ2) is 6.02. The number of carbonyl (C=O) groups excluding carboxylic acids is 1. The predicted molar refractivity (Wildman–Crippen MR) is 73.3 cm³/mol. The van der Waals surface area contributed by atoms with Crippen molar-refractivity contribution in [3.8, 4) is 0 Å². The monoisotopic (exact) mass is 256 g/mol. The highest BCUT2D eigenvalue weighted by atomic mass is 16.5. The Morgan fingerprint density at radius 2 is 2.11 bits per heavy atom. The molecule has 0 heterocycles. The fourth-order valence-electron chi connectivity index (χ4n) is 2.99. The Kier molecular flexibility index (Phi) is 5.17. The molecule has 0 aliphatic heterocycles. The van der Waals surface area contributed by atoms with Gasteiger partial charge in [0.15, 0.2) is 0 Å². The first-order valence-electron chi connectivity index (χ1n) is 6.89. The number of nitrogens with two attached hydrogens (primary N) is 1. The van der Waals surface area contributed by atoms with Gasteiger partial charge in [-0.1, -0.05) is 13.8 Å². The molecule has 0 aromatic carbocycles. The summed E-state index contributed by atoms with van der Waals surface area (Å²) in [6.07, 6.45) is 3.58. The lowest BCUT2D eigenvalue weighted by molar-refractivity contribution is -0.147. The molecule has 0 aromatic heterocycles. The summed E-state index contributed by atoms with van der Waals surface area (Å²) in [5.41, 5.74) is 5.37. The Morgan fingerprint density at radius 3 is 2.61 bits per heavy atom. The lowest BCUT2D eigenvalue weighted by Crippen LogP contribution is -2.48. The van der Waals surface area contributed by atoms with Crippen molar-refractivity contribution in [2.45, 2.75) is 64.1 Å². The molecule has 1 fully saturated rings. The first-order chi connectivity index (χ1) is 8.30. The van der Waals surface area contributed by atoms with Gasteiger partial charge in [0.2, 0.25) is 0 Å². The van der Waals surface area contributed by atoms with Crippen LogP contribution in [0.4, 0.5) is 0 Å². The number of hydrogen-bond acceptors (Lipinski definition) is 4. The molecule has 106 valence electrons. The van der Waals surface area contributed by atoms with Crippen LogP contribution in [-0.2, 0) is 9.53 Å². The van der Waals surface area contributed by atoms with Crippen LogP contribution in [-0.4, -0.2) is 42.6 Å². The molecule has 3 atom stereocenters. The van der Waals surface area contributed by atoms with Gasteiger partial charge in [0.1, 0.15) is 5.54 Å². The summed E-state index contributed by atoms with van der Waals surface area (Å²) in [6.45, 7) is 6.72. The summed E-state index contributed by atoms with van der Waals surface area (Å²) in [4.78, 5) is 14.1. The summed E-state index contributed by atoms with van der Waals surface area (Å²) in [5, 5.41) is 0. The molecule has 0 radical (unpaired) electrons. The van der Waals surface area contributed by atoms with Crippen molar-refractivity contribution in [1.29, 1.82) is 0 Å². The summed E-state index contributed by atoms with van der Waals surface area (Å²) < 4.78 is 4.81. The van der Waals surface area contributed by atoms with Crippen molar-refractivity contribution in [2.75, 3.05) is 14.2 Å². The molecule has 18 heavy (non-hydrogen) atoms. The van der Waals surface area contributed by atoms with Crippen LogP contribution in [0.1, 0.15) is 46.5 Å². The molecule has 0 amide bonds. The Bertz CT molecular complexity index is 294. The average Bonchev–Trinajstić information content (AvgIpc) is 2.70. The van der Waals surface area contributed by atoms with Gasteiger partial charge in [0.05, 0.1) is 7.11 Å². The molecule has 1 aliphatic rings. The third-order valence-electron chi connectivity index (χ3n) is 4.20. The van der Waals surface area contributed by atoms with E-state index in [1.165, 1.54) is 13.5 Å². The zero-order valence-corrected chi connectivity index (χ0v) is 12.4.